The number of allylic oxidation sites excluding steroid dienone is 5. The molecule has 0 aliphatic rings. The number of hydrogen-bond acceptors (Lipinski definition) is 2. The molecule has 0 aliphatic carbocycles. The normalized spacial score (nSPS) is 11.6. The molecule has 0 spiro atoms. The van der Waals surface area contributed by atoms with Crippen molar-refractivity contribution in [2.24, 2.45) is 0 Å². The fourth-order valence-corrected chi connectivity index (χ4v) is 8.60. The lowest BCUT2D eigenvalue weighted by Crippen LogP contribution is -2.10. The summed E-state index contributed by atoms with van der Waals surface area (Å²) in [6.45, 7) is 8.50. The first-order valence-electron chi connectivity index (χ1n) is 23.4. The average Bonchev–Trinajstić information content (AvgIpc) is 3.40. The van der Waals surface area contributed by atoms with Gasteiger partial charge >= 0.3 is 0 Å². The molecule has 330 valence electrons. The highest BCUT2D eigenvalue weighted by Crippen LogP contribution is 2.39. The first-order chi connectivity index (χ1) is 33.4. The summed E-state index contributed by atoms with van der Waals surface area (Å²) in [4.78, 5) is 4.67. The molecule has 0 amide bonds. The Morgan fingerprint density at radius 2 is 0.676 bits per heavy atom. The minimum Gasteiger partial charge on any atom is -0.311 e. The lowest BCUT2D eigenvalue weighted by molar-refractivity contribution is 1.27. The van der Waals surface area contributed by atoms with E-state index in [0.29, 0.717) is 0 Å². The van der Waals surface area contributed by atoms with Gasteiger partial charge in [0.25, 0.3) is 0 Å². The van der Waals surface area contributed by atoms with E-state index < -0.39 is 0 Å². The third-order valence-electron chi connectivity index (χ3n) is 12.3. The van der Waals surface area contributed by atoms with E-state index in [2.05, 4.69) is 298 Å². The van der Waals surface area contributed by atoms with Crippen LogP contribution in [0.3, 0.4) is 0 Å². The molecular weight excluding hydrogens is 821 g/mol. The Morgan fingerprint density at radius 3 is 1.04 bits per heavy atom. The van der Waals surface area contributed by atoms with Crippen LogP contribution in [0.25, 0.3) is 34.4 Å². The van der Waals surface area contributed by atoms with Crippen molar-refractivity contribution >= 4 is 57.4 Å². The molecule has 2 nitrogen and oxygen atoms in total. The van der Waals surface area contributed by atoms with Crippen molar-refractivity contribution < 1.29 is 0 Å². The van der Waals surface area contributed by atoms with Gasteiger partial charge in [0, 0.05) is 34.1 Å². The predicted octanol–water partition coefficient (Wildman–Crippen LogP) is 18.6. The summed E-state index contributed by atoms with van der Waals surface area (Å²) in [5.41, 5.74) is 20.9. The Labute approximate surface area is 403 Å². The summed E-state index contributed by atoms with van der Waals surface area (Å²) in [5, 5.41) is 0. The molecule has 0 radical (unpaired) electrons. The van der Waals surface area contributed by atoms with E-state index in [4.69, 9.17) is 0 Å². The summed E-state index contributed by atoms with van der Waals surface area (Å²) >= 11 is 0. The fourth-order valence-electron chi connectivity index (χ4n) is 8.60. The topological polar surface area (TPSA) is 6.48 Å². The number of nitrogens with zero attached hydrogens (tertiary/aromatic N) is 2. The van der Waals surface area contributed by atoms with Crippen molar-refractivity contribution in [2.75, 3.05) is 9.80 Å². The van der Waals surface area contributed by atoms with Crippen molar-refractivity contribution in [1.29, 1.82) is 0 Å². The van der Waals surface area contributed by atoms with Gasteiger partial charge in [-0.3, -0.25) is 0 Å². The van der Waals surface area contributed by atoms with E-state index in [-0.39, 0.29) is 0 Å². The second-order valence-electron chi connectivity index (χ2n) is 17.2. The summed E-state index contributed by atoms with van der Waals surface area (Å²) in [7, 11) is 0. The molecule has 68 heavy (non-hydrogen) atoms. The Balaban J connectivity index is 0.998. The summed E-state index contributed by atoms with van der Waals surface area (Å²) in [6.07, 6.45) is 10.9. The number of anilines is 6. The molecule has 0 N–H and O–H groups in total. The standard InChI is InChI=1S/C66H56N2/c1-5-6-16-51(4)65(56-17-10-7-11-18-56)47-52-27-39-61(40-28-52)67(59-35-23-49(2)24-36-59)63-43-31-54(32-44-63)55-33-45-64(46-34-55)68(60-37-25-50(3)26-38-60)62-41-29-53(30-42-62)48-66(57-19-12-8-13-20-57)58-21-14-9-15-22-58/h5-48H,1-4H3/b6-5-,51-16+,65-47-. The Bertz CT molecular complexity index is 3120. The Hall–Kier alpha value is -8.46. The van der Waals surface area contributed by atoms with E-state index in [0.717, 1.165) is 56.4 Å². The third kappa shape index (κ3) is 10.6. The van der Waals surface area contributed by atoms with Gasteiger partial charge in [-0.15, -0.1) is 0 Å². The number of aryl methyl sites for hydroxylation is 2. The molecule has 9 aromatic rings. The maximum atomic E-state index is 2.33. The van der Waals surface area contributed by atoms with Crippen LogP contribution in [0.4, 0.5) is 34.1 Å². The molecule has 0 atom stereocenters. The van der Waals surface area contributed by atoms with E-state index in [1.807, 2.05) is 6.92 Å². The lowest BCUT2D eigenvalue weighted by Gasteiger charge is -2.26. The van der Waals surface area contributed by atoms with Crippen LogP contribution in [0, 0.1) is 13.8 Å². The van der Waals surface area contributed by atoms with E-state index in [9.17, 15) is 0 Å². The third-order valence-corrected chi connectivity index (χ3v) is 12.3. The lowest BCUT2D eigenvalue weighted by atomic mass is 9.95. The molecule has 0 saturated carbocycles. The van der Waals surface area contributed by atoms with Gasteiger partial charge in [-0.25, -0.2) is 0 Å². The second kappa shape index (κ2) is 21.2. The van der Waals surface area contributed by atoms with Gasteiger partial charge in [0.2, 0.25) is 0 Å². The minimum absolute atomic E-state index is 1.09. The van der Waals surface area contributed by atoms with Gasteiger partial charge in [0.1, 0.15) is 0 Å². The van der Waals surface area contributed by atoms with E-state index >= 15 is 0 Å². The fraction of sp³-hybridized carbons (Fsp3) is 0.0606. The van der Waals surface area contributed by atoms with Gasteiger partial charge < -0.3 is 9.80 Å². The summed E-state index contributed by atoms with van der Waals surface area (Å²) < 4.78 is 0. The molecule has 2 heteroatoms. The largest absolute Gasteiger partial charge is 0.311 e. The van der Waals surface area contributed by atoms with E-state index in [1.54, 1.807) is 0 Å². The van der Waals surface area contributed by atoms with Crippen molar-refractivity contribution in [3.8, 4) is 11.1 Å². The number of benzene rings is 9. The van der Waals surface area contributed by atoms with Gasteiger partial charge in [0.05, 0.1) is 0 Å². The molecule has 0 heterocycles. The zero-order chi connectivity index (χ0) is 46.7. The van der Waals surface area contributed by atoms with Crippen LogP contribution in [-0.4, -0.2) is 0 Å². The van der Waals surface area contributed by atoms with Crippen LogP contribution >= 0.6 is 0 Å². The maximum absolute atomic E-state index is 2.33. The summed E-state index contributed by atoms with van der Waals surface area (Å²) in [6, 6.07) is 85.1. The highest BCUT2D eigenvalue weighted by atomic mass is 15.1. The van der Waals surface area contributed by atoms with Gasteiger partial charge in [0.15, 0.2) is 0 Å². The van der Waals surface area contributed by atoms with Crippen molar-refractivity contribution in [2.45, 2.75) is 27.7 Å². The van der Waals surface area contributed by atoms with Crippen LogP contribution in [0.2, 0.25) is 0 Å². The average molecular weight is 877 g/mol. The number of rotatable bonds is 14. The van der Waals surface area contributed by atoms with E-state index in [1.165, 1.54) is 44.5 Å². The highest BCUT2D eigenvalue weighted by Gasteiger charge is 2.16. The maximum Gasteiger partial charge on any atom is 0.0462 e. The van der Waals surface area contributed by atoms with Crippen LogP contribution < -0.4 is 9.80 Å². The molecule has 0 aromatic heterocycles. The van der Waals surface area contributed by atoms with Crippen molar-refractivity contribution in [3.05, 3.63) is 299 Å². The monoisotopic (exact) mass is 876 g/mol. The highest BCUT2D eigenvalue weighted by molar-refractivity contribution is 5.93. The Kier molecular flexibility index (Phi) is 14.0. The molecule has 0 saturated heterocycles. The number of hydrogen-bond donors (Lipinski definition) is 0. The van der Waals surface area contributed by atoms with Crippen LogP contribution in [0.1, 0.15) is 52.8 Å². The van der Waals surface area contributed by atoms with Gasteiger partial charge in [-0.2, -0.15) is 0 Å². The zero-order valence-corrected chi connectivity index (χ0v) is 39.3. The van der Waals surface area contributed by atoms with Crippen LogP contribution in [0.15, 0.2) is 260 Å². The van der Waals surface area contributed by atoms with Crippen LogP contribution in [0.5, 0.6) is 0 Å². The minimum atomic E-state index is 1.09. The molecule has 9 aromatic carbocycles. The molecule has 0 bridgehead atoms. The zero-order valence-electron chi connectivity index (χ0n) is 39.3. The molecule has 0 fully saturated rings. The molecule has 0 aliphatic heterocycles. The second-order valence-corrected chi connectivity index (χ2v) is 17.2. The molecule has 9 rings (SSSR count). The predicted molar refractivity (Wildman–Crippen MR) is 293 cm³/mol. The van der Waals surface area contributed by atoms with Gasteiger partial charge in [-0.05, 0) is 168 Å². The van der Waals surface area contributed by atoms with Crippen LogP contribution in [-0.2, 0) is 0 Å². The Morgan fingerprint density at radius 1 is 0.353 bits per heavy atom. The molecular formula is C66H56N2. The SMILES string of the molecule is C\C=C/C=C(C)/C(=C/c1ccc(N(c2ccc(C)cc2)c2ccc(-c3ccc(N(c4ccc(C)cc4)c4ccc(C=C(c5ccccc5)c5ccccc5)cc4)cc3)cc2)cc1)c1ccccc1. The quantitative estimate of drug-likeness (QED) is 0.0793. The van der Waals surface area contributed by atoms with Crippen molar-refractivity contribution in [3.63, 3.8) is 0 Å². The summed E-state index contributed by atoms with van der Waals surface area (Å²) in [5.74, 6) is 0. The first kappa shape index (κ1) is 44.7. The smallest absolute Gasteiger partial charge is 0.0462 e. The van der Waals surface area contributed by atoms with Gasteiger partial charge in [-0.1, -0.05) is 193 Å². The van der Waals surface area contributed by atoms with Crippen molar-refractivity contribution in [1.82, 2.24) is 0 Å². The first-order valence-corrected chi connectivity index (χ1v) is 23.4. The molecule has 0 unspecified atom stereocenters.